The van der Waals surface area contributed by atoms with Gasteiger partial charge in [-0.1, -0.05) is 61.5 Å². The van der Waals surface area contributed by atoms with E-state index in [0.717, 1.165) is 24.0 Å². The molecule has 0 aliphatic carbocycles. The van der Waals surface area contributed by atoms with Crippen LogP contribution in [0.1, 0.15) is 36.1 Å². The number of aryl methyl sites for hydroxylation is 1. The van der Waals surface area contributed by atoms with E-state index in [0.29, 0.717) is 34.2 Å². The Hall–Kier alpha value is -3.34. The van der Waals surface area contributed by atoms with Crippen molar-refractivity contribution in [3.05, 3.63) is 77.9 Å². The van der Waals surface area contributed by atoms with Crippen molar-refractivity contribution in [1.29, 1.82) is 0 Å². The van der Waals surface area contributed by atoms with Gasteiger partial charge in [0.05, 0.1) is 28.7 Å². The molecule has 0 bridgehead atoms. The minimum Gasteiger partial charge on any atom is -0.495 e. The van der Waals surface area contributed by atoms with E-state index in [-0.39, 0.29) is 10.8 Å². The summed E-state index contributed by atoms with van der Waals surface area (Å²) < 4.78 is 33.3. The second-order valence-electron chi connectivity index (χ2n) is 8.57. The summed E-state index contributed by atoms with van der Waals surface area (Å²) in [6.45, 7) is 4.34. The van der Waals surface area contributed by atoms with E-state index in [1.807, 2.05) is 62.4 Å². The van der Waals surface area contributed by atoms with Gasteiger partial charge in [-0.15, -0.1) is 0 Å². The largest absolute Gasteiger partial charge is 0.495 e. The van der Waals surface area contributed by atoms with Crippen LogP contribution in [0.2, 0.25) is 0 Å². The minimum absolute atomic E-state index is 0.167. The molecule has 3 aromatic carbocycles. The second kappa shape index (κ2) is 11.8. The molecule has 0 radical (unpaired) electrons. The third-order valence-corrected chi connectivity index (χ3v) is 8.34. The monoisotopic (exact) mass is 538 g/mol. The predicted molar refractivity (Wildman–Crippen MR) is 148 cm³/mol. The maximum atomic E-state index is 13.5. The smallest absolute Gasteiger partial charge is 0.242 e. The quantitative estimate of drug-likeness (QED) is 0.173. The lowest BCUT2D eigenvalue weighted by Gasteiger charge is -2.17. The first-order chi connectivity index (χ1) is 17.8. The number of anilines is 1. The fourth-order valence-electron chi connectivity index (χ4n) is 3.79. The van der Waals surface area contributed by atoms with E-state index in [4.69, 9.17) is 4.74 Å². The number of benzene rings is 3. The number of hydrogen-bond donors (Lipinski definition) is 3. The van der Waals surface area contributed by atoms with Crippen molar-refractivity contribution in [2.75, 3.05) is 19.0 Å². The molecule has 1 atom stereocenters. The van der Waals surface area contributed by atoms with E-state index >= 15 is 0 Å². The van der Waals surface area contributed by atoms with Crippen LogP contribution in [0.5, 0.6) is 5.75 Å². The van der Waals surface area contributed by atoms with Gasteiger partial charge >= 0.3 is 0 Å². The van der Waals surface area contributed by atoms with Gasteiger partial charge in [0.1, 0.15) is 11.0 Å². The van der Waals surface area contributed by atoms with Crippen LogP contribution in [-0.4, -0.2) is 37.9 Å². The molecule has 4 aromatic rings. The number of aromatic nitrogens is 2. The van der Waals surface area contributed by atoms with Crippen LogP contribution in [0.25, 0.3) is 11.0 Å². The van der Waals surface area contributed by atoms with Crippen molar-refractivity contribution in [1.82, 2.24) is 14.7 Å². The summed E-state index contributed by atoms with van der Waals surface area (Å²) in [5.41, 5.74) is 3.58. The van der Waals surface area contributed by atoms with E-state index in [1.165, 1.54) is 17.8 Å². The molecule has 0 saturated heterocycles. The third kappa shape index (κ3) is 6.51. The number of fused-ring (bicyclic) bond motifs is 1. The molecule has 0 aliphatic rings. The highest BCUT2D eigenvalue weighted by Gasteiger charge is 2.25. The predicted octanol–water partition coefficient (Wildman–Crippen LogP) is 5.43. The van der Waals surface area contributed by atoms with Gasteiger partial charge in [-0.2, -0.15) is 0 Å². The van der Waals surface area contributed by atoms with Crippen LogP contribution in [0.3, 0.4) is 0 Å². The summed E-state index contributed by atoms with van der Waals surface area (Å²) in [4.78, 5) is 21.5. The fraction of sp³-hybridized carbons (Fsp3) is 0.259. The Morgan fingerprint density at radius 3 is 2.62 bits per heavy atom. The van der Waals surface area contributed by atoms with Crippen LogP contribution in [0, 0.1) is 6.92 Å². The number of nitrogens with one attached hydrogen (secondary N) is 3. The molecule has 0 spiro atoms. The Labute approximate surface area is 221 Å². The highest BCUT2D eigenvalue weighted by atomic mass is 32.2. The number of sulfonamides is 1. The molecule has 0 saturated carbocycles. The van der Waals surface area contributed by atoms with Crippen molar-refractivity contribution in [3.63, 3.8) is 0 Å². The molecule has 0 aliphatic heterocycles. The van der Waals surface area contributed by atoms with Crippen molar-refractivity contribution in [2.45, 2.75) is 42.0 Å². The standard InChI is InChI=1S/C27H30N4O4S2/c1-4-5-15-28-37(33,34)20-12-13-21-22(17-20)31-27(30-21)36-25(19-9-7-6-8-10-19)26(32)29-23-16-18(2)11-14-24(23)35-3/h6-14,16-17,25,28H,4-5,15H2,1-3H3,(H,29,32)(H,30,31)/t25-/m0/s1. The van der Waals surface area contributed by atoms with Gasteiger partial charge in [-0.25, -0.2) is 18.1 Å². The molecule has 1 amide bonds. The molecule has 4 rings (SSSR count). The maximum absolute atomic E-state index is 13.5. The molecule has 1 aromatic heterocycles. The number of unbranched alkanes of at least 4 members (excludes halogenated alkanes) is 1. The summed E-state index contributed by atoms with van der Waals surface area (Å²) in [7, 11) is -2.06. The van der Waals surface area contributed by atoms with Crippen LogP contribution >= 0.6 is 11.8 Å². The Morgan fingerprint density at radius 1 is 1.11 bits per heavy atom. The Balaban J connectivity index is 1.61. The SMILES string of the molecule is CCCCNS(=O)(=O)c1ccc2nc(S[C@H](C(=O)Nc3cc(C)ccc3OC)c3ccccc3)[nH]c2c1. The molecule has 10 heteroatoms. The van der Waals surface area contributed by atoms with Gasteiger partial charge in [0.25, 0.3) is 0 Å². The number of nitrogens with zero attached hydrogens (tertiary/aromatic N) is 1. The van der Waals surface area contributed by atoms with Crippen LogP contribution in [0.15, 0.2) is 76.8 Å². The highest BCUT2D eigenvalue weighted by molar-refractivity contribution is 8.00. The molecule has 194 valence electrons. The van der Waals surface area contributed by atoms with E-state index < -0.39 is 15.3 Å². The van der Waals surface area contributed by atoms with E-state index in [2.05, 4.69) is 20.0 Å². The second-order valence-corrected chi connectivity index (χ2v) is 11.4. The summed E-state index contributed by atoms with van der Waals surface area (Å²) >= 11 is 1.26. The van der Waals surface area contributed by atoms with Gasteiger partial charge in [0.15, 0.2) is 5.16 Å². The number of H-pyrrole nitrogens is 1. The number of thioether (sulfide) groups is 1. The summed E-state index contributed by atoms with van der Waals surface area (Å²) in [6, 6.07) is 19.8. The van der Waals surface area contributed by atoms with Crippen LogP contribution in [-0.2, 0) is 14.8 Å². The average molecular weight is 539 g/mol. The first-order valence-electron chi connectivity index (χ1n) is 12.0. The molecule has 0 unspecified atom stereocenters. The number of aromatic amines is 1. The van der Waals surface area contributed by atoms with Gasteiger partial charge in [0, 0.05) is 6.54 Å². The molecule has 8 nitrogen and oxygen atoms in total. The first kappa shape index (κ1) is 26.7. The van der Waals surface area contributed by atoms with Crippen LogP contribution in [0.4, 0.5) is 5.69 Å². The van der Waals surface area contributed by atoms with Crippen molar-refractivity contribution < 1.29 is 17.9 Å². The number of hydrogen-bond acceptors (Lipinski definition) is 6. The first-order valence-corrected chi connectivity index (χ1v) is 14.3. The molecule has 0 fully saturated rings. The van der Waals surface area contributed by atoms with Gasteiger partial charge in [-0.05, 0) is 54.8 Å². The van der Waals surface area contributed by atoms with Gasteiger partial charge in [0.2, 0.25) is 15.9 Å². The van der Waals surface area contributed by atoms with Crippen LogP contribution < -0.4 is 14.8 Å². The maximum Gasteiger partial charge on any atom is 0.242 e. The zero-order valence-electron chi connectivity index (χ0n) is 20.9. The Bertz CT molecular complexity index is 1490. The molecule has 1 heterocycles. The van der Waals surface area contributed by atoms with Crippen molar-refractivity contribution >= 4 is 44.4 Å². The summed E-state index contributed by atoms with van der Waals surface area (Å²) in [6.07, 6.45) is 1.67. The lowest BCUT2D eigenvalue weighted by molar-refractivity contribution is -0.115. The fourth-order valence-corrected chi connectivity index (χ4v) is 5.89. The number of methoxy groups -OCH3 is 1. The van der Waals surface area contributed by atoms with E-state index in [9.17, 15) is 13.2 Å². The number of carbonyl (C=O) groups is 1. The number of rotatable bonds is 11. The molecule has 3 N–H and O–H groups in total. The number of ether oxygens (including phenoxy) is 1. The van der Waals surface area contributed by atoms with Gasteiger partial charge < -0.3 is 15.0 Å². The average Bonchev–Trinajstić information content (AvgIpc) is 3.30. The molecule has 37 heavy (non-hydrogen) atoms. The topological polar surface area (TPSA) is 113 Å². The zero-order valence-corrected chi connectivity index (χ0v) is 22.6. The summed E-state index contributed by atoms with van der Waals surface area (Å²) in [5.74, 6) is 0.338. The zero-order chi connectivity index (χ0) is 26.4. The normalized spacial score (nSPS) is 12.4. The minimum atomic E-state index is -3.62. The number of amides is 1. The van der Waals surface area contributed by atoms with Crippen molar-refractivity contribution in [3.8, 4) is 5.75 Å². The molecular weight excluding hydrogens is 508 g/mol. The Kier molecular flexibility index (Phi) is 8.52. The Morgan fingerprint density at radius 2 is 1.89 bits per heavy atom. The third-order valence-electron chi connectivity index (χ3n) is 5.75. The summed E-state index contributed by atoms with van der Waals surface area (Å²) in [5, 5.41) is 2.88. The molecular formula is C27H30N4O4S2. The number of imidazole rings is 1. The van der Waals surface area contributed by atoms with Crippen molar-refractivity contribution in [2.24, 2.45) is 0 Å². The highest BCUT2D eigenvalue weighted by Crippen LogP contribution is 2.37. The lowest BCUT2D eigenvalue weighted by Crippen LogP contribution is -2.24. The number of carbonyl (C=O) groups excluding carboxylic acids is 1. The van der Waals surface area contributed by atoms with E-state index in [1.54, 1.807) is 19.2 Å². The lowest BCUT2D eigenvalue weighted by atomic mass is 10.1. The van der Waals surface area contributed by atoms with Gasteiger partial charge in [-0.3, -0.25) is 4.79 Å².